The number of alkyl halides is 3. The molecule has 2 saturated heterocycles. The fraction of sp³-hybridized carbons (Fsp3) is 0.333. The lowest BCUT2D eigenvalue weighted by atomic mass is 9.93. The zero-order chi connectivity index (χ0) is 20.8. The van der Waals surface area contributed by atoms with Crippen LogP contribution >= 0.6 is 0 Å². The van der Waals surface area contributed by atoms with Crippen LogP contribution in [0.1, 0.15) is 25.3 Å². The highest BCUT2D eigenvalue weighted by molar-refractivity contribution is 6.23. The molecule has 3 atom stereocenters. The minimum atomic E-state index is -4.57. The number of hydrogen-bond acceptors (Lipinski definition) is 4. The molecule has 0 radical (unpaired) electrons. The van der Waals surface area contributed by atoms with Gasteiger partial charge < -0.3 is 0 Å². The summed E-state index contributed by atoms with van der Waals surface area (Å²) in [7, 11) is 0. The summed E-state index contributed by atoms with van der Waals surface area (Å²) in [4.78, 5) is 32.8. The Kier molecular flexibility index (Phi) is 4.82. The van der Waals surface area contributed by atoms with Gasteiger partial charge in [0.05, 0.1) is 28.9 Å². The zero-order valence-corrected chi connectivity index (χ0v) is 15.6. The molecule has 4 rings (SSSR count). The summed E-state index contributed by atoms with van der Waals surface area (Å²) in [6.07, 6.45) is -4.26. The Morgan fingerprint density at radius 2 is 1.66 bits per heavy atom. The number of hydrogen-bond donors (Lipinski definition) is 0. The van der Waals surface area contributed by atoms with Crippen LogP contribution in [-0.2, 0) is 20.6 Å². The van der Waals surface area contributed by atoms with Gasteiger partial charge in [-0.3, -0.25) is 14.4 Å². The molecule has 2 fully saturated rings. The van der Waals surface area contributed by atoms with Crippen molar-refractivity contribution < 1.29 is 27.6 Å². The summed E-state index contributed by atoms with van der Waals surface area (Å²) in [6, 6.07) is 13.0. The molecule has 0 aliphatic carbocycles. The number of fused-ring (bicyclic) bond motifs is 1. The van der Waals surface area contributed by atoms with Crippen molar-refractivity contribution in [3.8, 4) is 0 Å². The maximum atomic E-state index is 13.1. The molecule has 2 aliphatic heterocycles. The molecule has 0 N–H and O–H groups in total. The minimum Gasteiger partial charge on any atom is -0.273 e. The number of carbonyl (C=O) groups is 2. The molecular formula is C21H19F3N2O3. The van der Waals surface area contributed by atoms with E-state index in [2.05, 4.69) is 0 Å². The Morgan fingerprint density at radius 1 is 0.966 bits per heavy atom. The average molecular weight is 404 g/mol. The van der Waals surface area contributed by atoms with Crippen LogP contribution in [0.3, 0.4) is 0 Å². The topological polar surface area (TPSA) is 49.9 Å². The highest BCUT2D eigenvalue weighted by Gasteiger charge is 2.59. The van der Waals surface area contributed by atoms with Gasteiger partial charge >= 0.3 is 6.18 Å². The van der Waals surface area contributed by atoms with E-state index in [1.807, 2.05) is 37.3 Å². The summed E-state index contributed by atoms with van der Waals surface area (Å²) in [5.41, 5.74) is -0.273. The van der Waals surface area contributed by atoms with Crippen molar-refractivity contribution in [2.75, 3.05) is 9.96 Å². The van der Waals surface area contributed by atoms with Gasteiger partial charge in [0.25, 0.3) is 5.91 Å². The Labute approximate surface area is 165 Å². The van der Waals surface area contributed by atoms with E-state index in [-0.39, 0.29) is 11.7 Å². The first-order valence-electron chi connectivity index (χ1n) is 9.39. The van der Waals surface area contributed by atoms with Crippen LogP contribution in [0.15, 0.2) is 54.6 Å². The molecule has 0 unspecified atom stereocenters. The minimum absolute atomic E-state index is 0.0886. The van der Waals surface area contributed by atoms with E-state index < -0.39 is 35.6 Å². The molecule has 2 aliphatic rings. The maximum absolute atomic E-state index is 13.1. The van der Waals surface area contributed by atoms with Gasteiger partial charge in [0.1, 0.15) is 0 Å². The molecule has 2 aromatic carbocycles. The van der Waals surface area contributed by atoms with E-state index in [0.717, 1.165) is 29.1 Å². The molecule has 2 amide bonds. The number of hydroxylamine groups is 1. The van der Waals surface area contributed by atoms with E-state index in [9.17, 15) is 22.8 Å². The molecule has 2 heterocycles. The number of benzene rings is 2. The number of nitrogens with zero attached hydrogens (tertiary/aromatic N) is 2. The SMILES string of the molecule is CCC[C@H]1[C@H]2C(=O)N(c3cccc(C(F)(F)F)c3)C(=O)[C@H]2ON1c1ccccc1. The molecule has 5 nitrogen and oxygen atoms in total. The highest BCUT2D eigenvalue weighted by Crippen LogP contribution is 2.42. The lowest BCUT2D eigenvalue weighted by Gasteiger charge is -2.28. The van der Waals surface area contributed by atoms with E-state index >= 15 is 0 Å². The fourth-order valence-electron chi connectivity index (χ4n) is 3.99. The van der Waals surface area contributed by atoms with Gasteiger partial charge in [0.15, 0.2) is 6.10 Å². The van der Waals surface area contributed by atoms with Gasteiger partial charge in [0.2, 0.25) is 5.91 Å². The third-order valence-corrected chi connectivity index (χ3v) is 5.27. The number of amides is 2. The molecule has 152 valence electrons. The van der Waals surface area contributed by atoms with E-state index in [1.165, 1.54) is 12.1 Å². The number of imide groups is 1. The highest BCUT2D eigenvalue weighted by atomic mass is 19.4. The predicted octanol–water partition coefficient (Wildman–Crippen LogP) is 4.18. The van der Waals surface area contributed by atoms with Gasteiger partial charge in [-0.15, -0.1) is 0 Å². The normalized spacial score (nSPS) is 24.3. The molecule has 0 bridgehead atoms. The first-order valence-corrected chi connectivity index (χ1v) is 9.39. The second kappa shape index (κ2) is 7.18. The van der Waals surface area contributed by atoms with Crippen LogP contribution in [0.2, 0.25) is 0 Å². The molecule has 29 heavy (non-hydrogen) atoms. The van der Waals surface area contributed by atoms with Crippen LogP contribution in [-0.4, -0.2) is 24.0 Å². The quantitative estimate of drug-likeness (QED) is 0.718. The first-order chi connectivity index (χ1) is 13.8. The summed E-state index contributed by atoms with van der Waals surface area (Å²) in [5, 5.41) is 1.60. The van der Waals surface area contributed by atoms with Gasteiger partial charge in [0, 0.05) is 0 Å². The van der Waals surface area contributed by atoms with Crippen molar-refractivity contribution in [2.45, 2.75) is 38.1 Å². The summed E-state index contributed by atoms with van der Waals surface area (Å²) >= 11 is 0. The third-order valence-electron chi connectivity index (χ3n) is 5.27. The fourth-order valence-corrected chi connectivity index (χ4v) is 3.99. The van der Waals surface area contributed by atoms with E-state index in [4.69, 9.17) is 4.84 Å². The van der Waals surface area contributed by atoms with E-state index in [0.29, 0.717) is 6.42 Å². The van der Waals surface area contributed by atoms with Crippen molar-refractivity contribution in [3.05, 3.63) is 60.2 Å². The lowest BCUT2D eigenvalue weighted by molar-refractivity contribution is -0.137. The molecule has 0 spiro atoms. The van der Waals surface area contributed by atoms with Crippen molar-refractivity contribution in [3.63, 3.8) is 0 Å². The molecule has 0 saturated carbocycles. The standard InChI is InChI=1S/C21H19F3N2O3/c1-2-7-16-17-18(29-26(16)14-9-4-3-5-10-14)20(28)25(19(17)27)15-11-6-8-13(12-15)21(22,23)24/h3-6,8-12,16-18H,2,7H2,1H3/t16-,17+,18-/m0/s1. The Morgan fingerprint density at radius 3 is 2.31 bits per heavy atom. The molecular weight excluding hydrogens is 385 g/mol. The van der Waals surface area contributed by atoms with Crippen LogP contribution in [0.25, 0.3) is 0 Å². The maximum Gasteiger partial charge on any atom is 0.416 e. The third kappa shape index (κ3) is 3.27. The van der Waals surface area contributed by atoms with E-state index in [1.54, 1.807) is 5.06 Å². The van der Waals surface area contributed by atoms with Crippen molar-refractivity contribution in [2.24, 2.45) is 5.92 Å². The summed E-state index contributed by atoms with van der Waals surface area (Å²) in [5.74, 6) is -1.94. The largest absolute Gasteiger partial charge is 0.416 e. The van der Waals surface area contributed by atoms with Gasteiger partial charge in [-0.1, -0.05) is 37.6 Å². The summed E-state index contributed by atoms with van der Waals surface area (Å²) in [6.45, 7) is 1.96. The van der Waals surface area contributed by atoms with Crippen molar-refractivity contribution in [1.82, 2.24) is 0 Å². The number of anilines is 2. The van der Waals surface area contributed by atoms with Crippen LogP contribution in [0, 0.1) is 5.92 Å². The zero-order valence-electron chi connectivity index (χ0n) is 15.6. The second-order valence-electron chi connectivity index (χ2n) is 7.13. The van der Waals surface area contributed by atoms with Crippen LogP contribution in [0.5, 0.6) is 0 Å². The lowest BCUT2D eigenvalue weighted by Crippen LogP contribution is -2.40. The summed E-state index contributed by atoms with van der Waals surface area (Å²) < 4.78 is 39.2. The Balaban J connectivity index is 1.68. The smallest absolute Gasteiger partial charge is 0.273 e. The monoisotopic (exact) mass is 404 g/mol. The van der Waals surface area contributed by atoms with Crippen molar-refractivity contribution in [1.29, 1.82) is 0 Å². The first kappa shape index (κ1) is 19.4. The number of para-hydroxylation sites is 1. The Hall–Kier alpha value is -2.87. The van der Waals surface area contributed by atoms with Gasteiger partial charge in [-0.05, 0) is 36.8 Å². The van der Waals surface area contributed by atoms with Gasteiger partial charge in [-0.25, -0.2) is 9.96 Å². The van der Waals surface area contributed by atoms with Crippen LogP contribution in [0.4, 0.5) is 24.5 Å². The Bertz CT molecular complexity index is 932. The molecule has 0 aromatic heterocycles. The molecule has 2 aromatic rings. The number of halogens is 3. The van der Waals surface area contributed by atoms with Crippen LogP contribution < -0.4 is 9.96 Å². The predicted molar refractivity (Wildman–Crippen MR) is 99.9 cm³/mol. The molecule has 8 heteroatoms. The number of rotatable bonds is 4. The van der Waals surface area contributed by atoms with Gasteiger partial charge in [-0.2, -0.15) is 13.2 Å². The second-order valence-corrected chi connectivity index (χ2v) is 7.13. The number of carbonyl (C=O) groups excluding carboxylic acids is 2. The van der Waals surface area contributed by atoms with Crippen molar-refractivity contribution >= 4 is 23.2 Å². The average Bonchev–Trinajstić information content (AvgIpc) is 3.18.